The van der Waals surface area contributed by atoms with E-state index in [1.54, 1.807) is 6.08 Å². The summed E-state index contributed by atoms with van der Waals surface area (Å²) < 4.78 is 23.4. The van der Waals surface area contributed by atoms with Gasteiger partial charge in [-0.2, -0.15) is 0 Å². The van der Waals surface area contributed by atoms with Crippen LogP contribution in [0.15, 0.2) is 60.8 Å². The molecule has 0 aromatic carbocycles. The number of aliphatic hydroxyl groups is 1. The lowest BCUT2D eigenvalue weighted by Crippen LogP contribution is -2.45. The van der Waals surface area contributed by atoms with Crippen LogP contribution >= 0.6 is 7.82 Å². The zero-order valence-electron chi connectivity index (χ0n) is 31.2. The third-order valence-electron chi connectivity index (χ3n) is 7.78. The van der Waals surface area contributed by atoms with Gasteiger partial charge in [0.05, 0.1) is 39.9 Å². The van der Waals surface area contributed by atoms with Gasteiger partial charge in [-0.25, -0.2) is 4.57 Å². The quantitative estimate of drug-likeness (QED) is 0.0280. The highest BCUT2D eigenvalue weighted by molar-refractivity contribution is 7.47. The van der Waals surface area contributed by atoms with Crippen molar-refractivity contribution in [1.82, 2.24) is 5.32 Å². The average molecular weight is 696 g/mol. The Kier molecular flexibility index (Phi) is 30.0. The number of quaternary nitrogens is 1. The van der Waals surface area contributed by atoms with Crippen LogP contribution in [0.2, 0.25) is 0 Å². The summed E-state index contributed by atoms with van der Waals surface area (Å²) in [7, 11) is 1.52. The maximum atomic E-state index is 12.8. The summed E-state index contributed by atoms with van der Waals surface area (Å²) in [5.74, 6) is -0.207. The smallest absolute Gasteiger partial charge is 0.387 e. The number of unbranched alkanes of at least 4 members (excludes halogenated alkanes) is 12. The Bertz CT molecular complexity index is 970. The SMILES string of the molecule is C/C=C/CC/C=C/CC/C=C/C(O)C(COP(=O)(O)OCC[N+](C)(C)C)NC(=O)CCCCCCCCC/C=C\C/C=C\CCCCC. The first-order chi connectivity index (χ1) is 23.0. The van der Waals surface area contributed by atoms with Gasteiger partial charge in [0.1, 0.15) is 13.2 Å². The van der Waals surface area contributed by atoms with E-state index >= 15 is 0 Å². The Morgan fingerprint density at radius 3 is 1.90 bits per heavy atom. The van der Waals surface area contributed by atoms with Gasteiger partial charge in [-0.1, -0.05) is 113 Å². The molecule has 0 aromatic rings. The Morgan fingerprint density at radius 1 is 0.750 bits per heavy atom. The summed E-state index contributed by atoms with van der Waals surface area (Å²) in [5.41, 5.74) is 0. The van der Waals surface area contributed by atoms with Crippen LogP contribution in [0.5, 0.6) is 0 Å². The molecule has 0 aliphatic rings. The minimum atomic E-state index is -4.34. The Hall–Kier alpha value is -1.80. The number of likely N-dealkylation sites (N-methyl/N-ethyl adjacent to an activating group) is 1. The molecule has 0 heterocycles. The van der Waals surface area contributed by atoms with Gasteiger partial charge in [-0.05, 0) is 71.1 Å². The number of nitrogens with one attached hydrogen (secondary N) is 1. The predicted octanol–water partition coefficient (Wildman–Crippen LogP) is 9.51. The third-order valence-corrected chi connectivity index (χ3v) is 8.77. The van der Waals surface area contributed by atoms with Gasteiger partial charge in [-0.3, -0.25) is 13.8 Å². The minimum absolute atomic E-state index is 0.0488. The van der Waals surface area contributed by atoms with Gasteiger partial charge in [0.2, 0.25) is 5.91 Å². The molecule has 0 aliphatic heterocycles. The molecule has 0 rings (SSSR count). The molecule has 3 atom stereocenters. The highest BCUT2D eigenvalue weighted by Gasteiger charge is 2.27. The Balaban J connectivity index is 4.51. The number of carbonyl (C=O) groups is 1. The number of rotatable bonds is 32. The molecular formula is C39H72N2O6P+. The summed E-state index contributed by atoms with van der Waals surface area (Å²) in [6, 6.07) is -0.872. The molecule has 9 heteroatoms. The van der Waals surface area contributed by atoms with Crippen LogP contribution in [-0.4, -0.2) is 73.4 Å². The molecule has 278 valence electrons. The second kappa shape index (κ2) is 31.2. The molecule has 48 heavy (non-hydrogen) atoms. The molecule has 1 amide bonds. The van der Waals surface area contributed by atoms with Crippen LogP contribution in [0.25, 0.3) is 0 Å². The van der Waals surface area contributed by atoms with E-state index in [0.29, 0.717) is 17.4 Å². The summed E-state index contributed by atoms with van der Waals surface area (Å²) in [4.78, 5) is 22.9. The van der Waals surface area contributed by atoms with Crippen molar-refractivity contribution in [3.05, 3.63) is 60.8 Å². The first-order valence-corrected chi connectivity index (χ1v) is 20.1. The number of hydrogen-bond acceptors (Lipinski definition) is 5. The van der Waals surface area contributed by atoms with Crippen molar-refractivity contribution in [2.24, 2.45) is 0 Å². The minimum Gasteiger partial charge on any atom is -0.387 e. The molecular weight excluding hydrogens is 623 g/mol. The van der Waals surface area contributed by atoms with E-state index in [-0.39, 0.29) is 19.1 Å². The third kappa shape index (κ3) is 32.7. The van der Waals surface area contributed by atoms with Crippen molar-refractivity contribution in [2.75, 3.05) is 40.9 Å². The summed E-state index contributed by atoms with van der Waals surface area (Å²) in [5, 5.41) is 13.6. The van der Waals surface area contributed by atoms with Crippen molar-refractivity contribution < 1.29 is 32.9 Å². The van der Waals surface area contributed by atoms with Crippen LogP contribution in [0, 0.1) is 0 Å². The summed E-state index contributed by atoms with van der Waals surface area (Å²) in [6.07, 6.45) is 38.8. The van der Waals surface area contributed by atoms with Gasteiger partial charge < -0.3 is 19.8 Å². The summed E-state index contributed by atoms with van der Waals surface area (Å²) >= 11 is 0. The van der Waals surface area contributed by atoms with E-state index in [2.05, 4.69) is 54.8 Å². The number of carbonyl (C=O) groups excluding carboxylic acids is 1. The molecule has 0 radical (unpaired) electrons. The Morgan fingerprint density at radius 2 is 1.29 bits per heavy atom. The fourth-order valence-corrected chi connectivity index (χ4v) is 5.49. The lowest BCUT2D eigenvalue weighted by Gasteiger charge is -2.25. The number of phosphoric ester groups is 1. The van der Waals surface area contributed by atoms with Crippen LogP contribution in [-0.2, 0) is 18.4 Å². The van der Waals surface area contributed by atoms with Crippen LogP contribution in [0.4, 0.5) is 0 Å². The number of phosphoric acid groups is 1. The molecule has 0 fully saturated rings. The normalized spacial score (nSPS) is 15.4. The molecule has 0 aliphatic carbocycles. The first-order valence-electron chi connectivity index (χ1n) is 18.6. The van der Waals surface area contributed by atoms with E-state index in [1.807, 2.05) is 40.2 Å². The van der Waals surface area contributed by atoms with E-state index in [4.69, 9.17) is 9.05 Å². The zero-order chi connectivity index (χ0) is 35.8. The fourth-order valence-electron chi connectivity index (χ4n) is 4.75. The second-order valence-electron chi connectivity index (χ2n) is 13.6. The number of aliphatic hydroxyl groups excluding tert-OH is 1. The lowest BCUT2D eigenvalue weighted by atomic mass is 10.1. The lowest BCUT2D eigenvalue weighted by molar-refractivity contribution is -0.870. The molecule has 8 nitrogen and oxygen atoms in total. The van der Waals surface area contributed by atoms with E-state index in [9.17, 15) is 19.4 Å². The topological polar surface area (TPSA) is 105 Å². The van der Waals surface area contributed by atoms with Gasteiger partial charge in [0, 0.05) is 6.42 Å². The highest BCUT2D eigenvalue weighted by Crippen LogP contribution is 2.43. The van der Waals surface area contributed by atoms with Crippen LogP contribution in [0.1, 0.15) is 129 Å². The van der Waals surface area contributed by atoms with E-state index < -0.39 is 20.0 Å². The largest absolute Gasteiger partial charge is 0.472 e. The predicted molar refractivity (Wildman–Crippen MR) is 203 cm³/mol. The molecule has 3 N–H and O–H groups in total. The molecule has 0 aromatic heterocycles. The van der Waals surface area contributed by atoms with Crippen molar-refractivity contribution in [2.45, 2.75) is 142 Å². The molecule has 0 spiro atoms. The van der Waals surface area contributed by atoms with Gasteiger partial charge in [0.15, 0.2) is 0 Å². The first kappa shape index (κ1) is 46.2. The molecule has 3 unspecified atom stereocenters. The maximum absolute atomic E-state index is 12.8. The average Bonchev–Trinajstić information content (AvgIpc) is 3.02. The van der Waals surface area contributed by atoms with Gasteiger partial charge in [-0.15, -0.1) is 0 Å². The summed E-state index contributed by atoms with van der Waals surface area (Å²) in [6.45, 7) is 4.48. The van der Waals surface area contributed by atoms with Crippen molar-refractivity contribution in [1.29, 1.82) is 0 Å². The van der Waals surface area contributed by atoms with E-state index in [0.717, 1.165) is 64.2 Å². The number of amides is 1. The maximum Gasteiger partial charge on any atom is 0.472 e. The second-order valence-corrected chi connectivity index (χ2v) is 15.0. The zero-order valence-corrected chi connectivity index (χ0v) is 32.1. The molecule has 0 bridgehead atoms. The van der Waals surface area contributed by atoms with Crippen molar-refractivity contribution in [3.63, 3.8) is 0 Å². The monoisotopic (exact) mass is 696 g/mol. The van der Waals surface area contributed by atoms with Gasteiger partial charge in [0.25, 0.3) is 0 Å². The number of nitrogens with zero attached hydrogens (tertiary/aromatic N) is 1. The van der Waals surface area contributed by atoms with Gasteiger partial charge >= 0.3 is 7.82 Å². The highest BCUT2D eigenvalue weighted by atomic mass is 31.2. The Labute approximate surface area is 294 Å². The fraction of sp³-hybridized carbons (Fsp3) is 0.718. The van der Waals surface area contributed by atoms with Crippen LogP contribution in [0.3, 0.4) is 0 Å². The number of hydrogen-bond donors (Lipinski definition) is 3. The van der Waals surface area contributed by atoms with E-state index in [1.165, 1.54) is 44.9 Å². The van der Waals surface area contributed by atoms with Crippen molar-refractivity contribution >= 4 is 13.7 Å². The van der Waals surface area contributed by atoms with Crippen molar-refractivity contribution in [3.8, 4) is 0 Å². The van der Waals surface area contributed by atoms with Crippen LogP contribution < -0.4 is 5.32 Å². The molecule has 0 saturated heterocycles. The standard InChI is InChI=1S/C39H71N2O6P/c1-6-8-10-12-14-16-17-18-19-20-21-22-23-25-27-29-31-33-39(43)40-37(36-47-48(44,45)46-35-34-41(3,4)5)38(42)32-30-28-26-24-15-13-11-9-7-2/h7,9,14-16,18-19,24,30,32,37-38,42H,6,8,10-13,17,20-23,25-29,31,33-36H2,1-5H3,(H-,40,43,44,45)/p+1/b9-7+,16-14-,19-18-,24-15+,32-30+. The number of allylic oxidation sites excluding steroid dienone is 9. The molecule has 0 saturated carbocycles.